The first-order valence-corrected chi connectivity index (χ1v) is 9.95. The van der Waals surface area contributed by atoms with Crippen LogP contribution in [0.3, 0.4) is 0 Å². The van der Waals surface area contributed by atoms with Gasteiger partial charge in [-0.1, -0.05) is 43.2 Å². The molecule has 7 heteroatoms. The Morgan fingerprint density at radius 3 is 2.43 bits per heavy atom. The molecule has 1 aromatic carbocycles. The highest BCUT2D eigenvalue weighted by Gasteiger charge is 2.59. The second kappa shape index (κ2) is 9.51. The molecule has 0 bridgehead atoms. The van der Waals surface area contributed by atoms with E-state index in [0.717, 1.165) is 30.2 Å². The van der Waals surface area contributed by atoms with Gasteiger partial charge in [-0.15, -0.1) is 0 Å². The Morgan fingerprint density at radius 1 is 1.14 bits per heavy atom. The van der Waals surface area contributed by atoms with Crippen LogP contribution in [0.1, 0.15) is 39.0 Å². The van der Waals surface area contributed by atoms with Gasteiger partial charge in [-0.05, 0) is 19.3 Å². The SMILES string of the molecule is CCCOCC#CCOc1cc([N+]2C(=O)C3CCCCC3C2=O)c(F)cc1Cl. The summed E-state index contributed by atoms with van der Waals surface area (Å²) in [6.45, 7) is 2.99. The summed E-state index contributed by atoms with van der Waals surface area (Å²) in [4.78, 5) is 26.4. The number of nitrogens with zero attached hydrogens (tertiary/aromatic N) is 1. The molecule has 0 aromatic heterocycles. The molecule has 0 spiro atoms. The maximum Gasteiger partial charge on any atom is 0.379 e. The number of ether oxygens (including phenoxy) is 2. The average Bonchev–Trinajstić information content (AvgIpc) is 2.94. The molecule has 1 heterocycles. The first-order valence-electron chi connectivity index (χ1n) is 9.57. The number of fused-ring (bicyclic) bond motifs is 1. The number of carbonyl (C=O) groups is 2. The largest absolute Gasteiger partial charge is 0.479 e. The van der Waals surface area contributed by atoms with Crippen LogP contribution in [0.4, 0.5) is 10.1 Å². The van der Waals surface area contributed by atoms with Crippen molar-refractivity contribution in [2.45, 2.75) is 39.0 Å². The van der Waals surface area contributed by atoms with E-state index in [1.165, 1.54) is 6.07 Å². The summed E-state index contributed by atoms with van der Waals surface area (Å²) in [5.74, 6) is 3.66. The van der Waals surface area contributed by atoms with Crippen molar-refractivity contribution in [1.29, 1.82) is 0 Å². The summed E-state index contributed by atoms with van der Waals surface area (Å²) >= 11 is 6.06. The Hall–Kier alpha value is -1.94. The Kier molecular flexibility index (Phi) is 7.06. The average molecular weight is 408 g/mol. The van der Waals surface area contributed by atoms with Crippen LogP contribution in [0.2, 0.25) is 5.02 Å². The van der Waals surface area contributed by atoms with E-state index in [0.29, 0.717) is 26.1 Å². The third-order valence-corrected chi connectivity index (χ3v) is 5.33. The van der Waals surface area contributed by atoms with Crippen LogP contribution < -0.4 is 9.64 Å². The molecule has 2 unspecified atom stereocenters. The molecule has 1 saturated heterocycles. The molecule has 1 aromatic rings. The number of imide groups is 1. The minimum Gasteiger partial charge on any atom is -0.479 e. The normalized spacial score (nSPS) is 22.0. The topological polar surface area (TPSA) is 58.5 Å². The van der Waals surface area contributed by atoms with Crippen molar-refractivity contribution in [2.24, 2.45) is 11.8 Å². The van der Waals surface area contributed by atoms with Gasteiger partial charge in [-0.3, -0.25) is 0 Å². The molecular formula is C21H23ClFNO4+. The Morgan fingerprint density at radius 2 is 1.79 bits per heavy atom. The summed E-state index contributed by atoms with van der Waals surface area (Å²) < 4.78 is 25.3. The van der Waals surface area contributed by atoms with Crippen molar-refractivity contribution >= 4 is 29.1 Å². The molecule has 1 aliphatic heterocycles. The molecule has 5 nitrogen and oxygen atoms in total. The summed E-state index contributed by atoms with van der Waals surface area (Å²) in [7, 11) is 0. The monoisotopic (exact) mass is 407 g/mol. The first-order chi connectivity index (χ1) is 13.5. The van der Waals surface area contributed by atoms with Crippen molar-refractivity contribution in [3.8, 4) is 17.6 Å². The van der Waals surface area contributed by atoms with E-state index in [1.54, 1.807) is 0 Å². The fourth-order valence-corrected chi connectivity index (χ4v) is 3.89. The van der Waals surface area contributed by atoms with Gasteiger partial charge in [0, 0.05) is 17.6 Å². The summed E-state index contributed by atoms with van der Waals surface area (Å²) in [5.41, 5.74) is -0.108. The van der Waals surface area contributed by atoms with Gasteiger partial charge < -0.3 is 9.47 Å². The Balaban J connectivity index is 1.74. The number of amides is 2. The Labute approximate surface area is 169 Å². The predicted octanol–water partition coefficient (Wildman–Crippen LogP) is 3.93. The van der Waals surface area contributed by atoms with E-state index in [4.69, 9.17) is 21.1 Å². The van der Waals surface area contributed by atoms with Gasteiger partial charge in [-0.25, -0.2) is 14.0 Å². The Bertz CT molecular complexity index is 793. The van der Waals surface area contributed by atoms with Crippen molar-refractivity contribution in [3.05, 3.63) is 23.0 Å². The fourth-order valence-electron chi connectivity index (χ4n) is 3.68. The van der Waals surface area contributed by atoms with Crippen molar-refractivity contribution < 1.29 is 23.5 Å². The van der Waals surface area contributed by atoms with Crippen LogP contribution in [0.25, 0.3) is 0 Å². The van der Waals surface area contributed by atoms with Crippen molar-refractivity contribution in [3.63, 3.8) is 0 Å². The number of benzene rings is 1. The van der Waals surface area contributed by atoms with Gasteiger partial charge in [-0.2, -0.15) is 0 Å². The van der Waals surface area contributed by atoms with Crippen LogP contribution in [0.5, 0.6) is 5.75 Å². The standard InChI is InChI=1S/C21H23ClFNO4/c1-2-9-27-10-5-6-11-28-19-13-18(17(23)12-16(19)22)24-20(25)14-7-3-4-8-15(14)21(24)26/h12-15H,2-4,7-11H2,1H3/q+1. The van der Waals surface area contributed by atoms with Crippen LogP contribution in [-0.2, 0) is 14.3 Å². The van der Waals surface area contributed by atoms with Crippen molar-refractivity contribution in [2.75, 3.05) is 19.8 Å². The van der Waals surface area contributed by atoms with Gasteiger partial charge in [0.1, 0.15) is 19.0 Å². The van der Waals surface area contributed by atoms with Crippen LogP contribution in [0.15, 0.2) is 12.1 Å². The van der Waals surface area contributed by atoms with Gasteiger partial charge >= 0.3 is 11.8 Å². The maximum absolute atomic E-state index is 14.5. The van der Waals surface area contributed by atoms with Gasteiger partial charge in [0.05, 0.1) is 22.9 Å². The molecule has 0 N–H and O–H groups in total. The molecular weight excluding hydrogens is 385 g/mol. The van der Waals surface area contributed by atoms with Gasteiger partial charge in [0.2, 0.25) is 5.69 Å². The van der Waals surface area contributed by atoms with Crippen LogP contribution in [-0.4, -0.2) is 31.6 Å². The third-order valence-electron chi connectivity index (χ3n) is 5.03. The molecule has 3 rings (SSSR count). The van der Waals surface area contributed by atoms with Crippen molar-refractivity contribution in [1.82, 2.24) is 4.90 Å². The summed E-state index contributed by atoms with van der Waals surface area (Å²) in [6, 6.07) is 2.37. The molecule has 2 aliphatic rings. The van der Waals surface area contributed by atoms with E-state index < -0.39 is 5.82 Å². The van der Waals surface area contributed by atoms with E-state index in [-0.39, 0.29) is 46.7 Å². The minimum atomic E-state index is -0.725. The molecule has 1 radical (unpaired) electrons. The molecule has 1 aliphatic carbocycles. The van der Waals surface area contributed by atoms with Gasteiger partial charge in [0.15, 0.2) is 5.82 Å². The molecule has 149 valence electrons. The zero-order valence-electron chi connectivity index (χ0n) is 15.8. The zero-order valence-corrected chi connectivity index (χ0v) is 16.6. The van der Waals surface area contributed by atoms with Crippen LogP contribution >= 0.6 is 11.6 Å². The molecule has 2 atom stereocenters. The number of hydrogen-bond acceptors (Lipinski definition) is 4. The highest BCUT2D eigenvalue weighted by molar-refractivity contribution is 6.32. The van der Waals surface area contributed by atoms with Crippen LogP contribution in [0, 0.1) is 29.5 Å². The van der Waals surface area contributed by atoms with E-state index in [9.17, 15) is 14.0 Å². The second-order valence-corrected chi connectivity index (χ2v) is 7.35. The van der Waals surface area contributed by atoms with E-state index in [2.05, 4.69) is 11.8 Å². The lowest BCUT2D eigenvalue weighted by atomic mass is 9.81. The molecule has 2 fully saturated rings. The zero-order chi connectivity index (χ0) is 20.1. The lowest BCUT2D eigenvalue weighted by molar-refractivity contribution is -0.130. The number of hydrogen-bond donors (Lipinski definition) is 0. The number of anilines is 1. The third kappa shape index (κ3) is 4.38. The van der Waals surface area contributed by atoms with Gasteiger partial charge in [0.25, 0.3) is 0 Å². The number of rotatable bonds is 6. The smallest absolute Gasteiger partial charge is 0.379 e. The maximum atomic E-state index is 14.5. The van der Waals surface area contributed by atoms with E-state index in [1.807, 2.05) is 6.92 Å². The lowest BCUT2D eigenvalue weighted by Crippen LogP contribution is -2.33. The quantitative estimate of drug-likeness (QED) is 0.310. The molecule has 1 saturated carbocycles. The van der Waals surface area contributed by atoms with E-state index >= 15 is 0 Å². The number of halogens is 2. The fraction of sp³-hybridized carbons (Fsp3) is 0.524. The lowest BCUT2D eigenvalue weighted by Gasteiger charge is -2.16. The number of carbonyl (C=O) groups excluding carboxylic acids is 2. The molecule has 28 heavy (non-hydrogen) atoms. The predicted molar refractivity (Wildman–Crippen MR) is 103 cm³/mol. The minimum absolute atomic E-state index is 0.0351. The second-order valence-electron chi connectivity index (χ2n) is 6.94. The summed E-state index contributed by atoms with van der Waals surface area (Å²) in [5, 5.41) is 0.0572. The highest BCUT2D eigenvalue weighted by atomic mass is 35.5. The highest BCUT2D eigenvalue weighted by Crippen LogP contribution is 2.42. The molecule has 2 amide bonds. The summed E-state index contributed by atoms with van der Waals surface area (Å²) in [6.07, 6.45) is 4.07. The first kappa shape index (κ1) is 20.8.